The van der Waals surface area contributed by atoms with Crippen molar-refractivity contribution in [3.8, 4) is 17.3 Å². The number of nitriles is 1. The van der Waals surface area contributed by atoms with Gasteiger partial charge in [0.25, 0.3) is 5.91 Å². The summed E-state index contributed by atoms with van der Waals surface area (Å²) in [6.45, 7) is 2.16. The van der Waals surface area contributed by atoms with Crippen LogP contribution in [0.4, 0.5) is 24.7 Å². The lowest BCUT2D eigenvalue weighted by Gasteiger charge is -2.13. The number of nitrogens with zero attached hydrogens (tertiary/aromatic N) is 6. The molecule has 1 aliphatic rings. The Kier molecular flexibility index (Phi) is 6.50. The van der Waals surface area contributed by atoms with E-state index in [-0.39, 0.29) is 29.8 Å². The molecule has 2 atom stereocenters. The Morgan fingerprint density at radius 2 is 2.11 bits per heavy atom. The van der Waals surface area contributed by atoms with Crippen molar-refractivity contribution in [2.45, 2.75) is 38.5 Å². The van der Waals surface area contributed by atoms with Gasteiger partial charge < -0.3 is 16.4 Å². The molecule has 1 saturated carbocycles. The molecule has 2 unspecified atom stereocenters. The number of anilines is 2. The number of rotatable bonds is 8. The minimum atomic E-state index is -4.72. The lowest BCUT2D eigenvalue weighted by Crippen LogP contribution is -2.28. The molecule has 0 bridgehead atoms. The van der Waals surface area contributed by atoms with Crippen LogP contribution in [0.2, 0.25) is 0 Å². The van der Waals surface area contributed by atoms with Crippen LogP contribution in [0.1, 0.15) is 35.0 Å². The number of benzene rings is 1. The molecule has 3 aromatic heterocycles. The number of nitrogens with two attached hydrogens (primary N) is 1. The number of halogens is 3. The fourth-order valence-corrected chi connectivity index (χ4v) is 4.33. The molecule has 38 heavy (non-hydrogen) atoms. The number of carbonyl (C=O) groups excluding carboxylic acids is 1. The molecule has 3 heterocycles. The summed E-state index contributed by atoms with van der Waals surface area (Å²) < 4.78 is 43.5. The molecule has 0 spiro atoms. The fourth-order valence-electron chi connectivity index (χ4n) is 4.33. The second kappa shape index (κ2) is 9.79. The van der Waals surface area contributed by atoms with Crippen molar-refractivity contribution in [2.24, 2.45) is 11.7 Å². The number of aromatic nitrogens is 5. The van der Waals surface area contributed by atoms with Crippen molar-refractivity contribution in [2.75, 3.05) is 11.9 Å². The van der Waals surface area contributed by atoms with Crippen LogP contribution in [-0.4, -0.2) is 42.6 Å². The van der Waals surface area contributed by atoms with Crippen LogP contribution in [0.25, 0.3) is 16.9 Å². The second-order valence-corrected chi connectivity index (χ2v) is 9.08. The van der Waals surface area contributed by atoms with Crippen LogP contribution in [0.3, 0.4) is 0 Å². The summed E-state index contributed by atoms with van der Waals surface area (Å²) in [6.07, 6.45) is 2.24. The first-order valence-electron chi connectivity index (χ1n) is 12.0. The smallest absolute Gasteiger partial charge is 0.352 e. The van der Waals surface area contributed by atoms with Gasteiger partial charge in [-0.15, -0.1) is 0 Å². The van der Waals surface area contributed by atoms with E-state index < -0.39 is 11.9 Å². The molecular weight excluding hydrogens is 499 g/mol. The molecule has 1 amide bonds. The van der Waals surface area contributed by atoms with Gasteiger partial charge in [0.2, 0.25) is 0 Å². The van der Waals surface area contributed by atoms with Crippen molar-refractivity contribution in [3.63, 3.8) is 0 Å². The van der Waals surface area contributed by atoms with E-state index in [4.69, 9.17) is 11.0 Å². The molecule has 0 saturated heterocycles. The highest BCUT2D eigenvalue weighted by atomic mass is 19.4. The van der Waals surface area contributed by atoms with Gasteiger partial charge in [-0.2, -0.15) is 23.5 Å². The molecule has 13 heteroatoms. The van der Waals surface area contributed by atoms with Gasteiger partial charge in [0.05, 0.1) is 23.5 Å². The van der Waals surface area contributed by atoms with E-state index in [0.717, 1.165) is 16.7 Å². The third-order valence-electron chi connectivity index (χ3n) is 6.46. The van der Waals surface area contributed by atoms with Crippen LogP contribution in [0, 0.1) is 17.2 Å². The van der Waals surface area contributed by atoms with Crippen LogP contribution in [0.15, 0.2) is 43.0 Å². The Hall–Kier alpha value is -4.44. The zero-order valence-electron chi connectivity index (χ0n) is 20.3. The van der Waals surface area contributed by atoms with E-state index in [0.29, 0.717) is 41.6 Å². The summed E-state index contributed by atoms with van der Waals surface area (Å²) >= 11 is 0. The Labute approximate surface area is 215 Å². The van der Waals surface area contributed by atoms with Gasteiger partial charge in [0, 0.05) is 42.4 Å². The van der Waals surface area contributed by atoms with E-state index in [2.05, 4.69) is 25.7 Å². The standard InChI is InChI=1S/C25H24F3N9O/c1-2-14-9-16(3-4-17(14)24(38)33-11-15-10-19(15)30)34-22-23-32-12-20(37(23)8-6-31-22)18-13-36(7-5-29)35-21(18)25(26,27)28/h3-4,6,8-9,12-13,15,19H,2,7,10-11,30H2,1H3,(H,31,34)(H,33,38). The first-order valence-corrected chi connectivity index (χ1v) is 12.0. The highest BCUT2D eigenvalue weighted by Gasteiger charge is 2.38. The number of nitrogens with one attached hydrogen (secondary N) is 2. The van der Waals surface area contributed by atoms with Crippen molar-refractivity contribution >= 4 is 23.1 Å². The highest BCUT2D eigenvalue weighted by Crippen LogP contribution is 2.37. The molecular formula is C25H24F3N9O. The summed E-state index contributed by atoms with van der Waals surface area (Å²) in [5.41, 5.74) is 6.99. The van der Waals surface area contributed by atoms with Crippen molar-refractivity contribution in [1.29, 1.82) is 5.26 Å². The minimum absolute atomic E-state index is 0.151. The highest BCUT2D eigenvalue weighted by molar-refractivity contribution is 5.96. The lowest BCUT2D eigenvalue weighted by molar-refractivity contribution is -0.141. The quantitative estimate of drug-likeness (QED) is 0.321. The molecule has 196 valence electrons. The maximum Gasteiger partial charge on any atom is 0.435 e. The van der Waals surface area contributed by atoms with E-state index >= 15 is 0 Å². The first kappa shape index (κ1) is 25.2. The number of hydrogen-bond acceptors (Lipinski definition) is 7. The van der Waals surface area contributed by atoms with Gasteiger partial charge in [-0.25, -0.2) is 9.97 Å². The molecule has 1 aliphatic carbocycles. The van der Waals surface area contributed by atoms with Crippen molar-refractivity contribution in [3.05, 3.63) is 59.8 Å². The average molecular weight is 524 g/mol. The summed E-state index contributed by atoms with van der Waals surface area (Å²) in [6, 6.07) is 7.24. The summed E-state index contributed by atoms with van der Waals surface area (Å²) in [5.74, 6) is 0.477. The number of aryl methyl sites for hydroxylation is 1. The minimum Gasteiger partial charge on any atom is -0.352 e. The summed E-state index contributed by atoms with van der Waals surface area (Å²) in [7, 11) is 0. The van der Waals surface area contributed by atoms with Crippen LogP contribution in [-0.2, 0) is 19.1 Å². The second-order valence-electron chi connectivity index (χ2n) is 9.08. The monoisotopic (exact) mass is 523 g/mol. The number of amides is 1. The number of alkyl halides is 3. The fraction of sp³-hybridized carbons (Fsp3) is 0.320. The van der Waals surface area contributed by atoms with Gasteiger partial charge in [0.1, 0.15) is 6.54 Å². The molecule has 1 fully saturated rings. The first-order chi connectivity index (χ1) is 18.2. The molecule has 4 N–H and O–H groups in total. The topological polar surface area (TPSA) is 139 Å². The normalized spacial score (nSPS) is 16.8. The van der Waals surface area contributed by atoms with Gasteiger partial charge in [-0.3, -0.25) is 13.9 Å². The molecule has 4 aromatic rings. The van der Waals surface area contributed by atoms with Gasteiger partial charge >= 0.3 is 6.18 Å². The average Bonchev–Trinajstić information content (AvgIpc) is 3.24. The molecule has 0 radical (unpaired) electrons. The van der Waals surface area contributed by atoms with Crippen molar-refractivity contribution < 1.29 is 18.0 Å². The maximum atomic E-state index is 13.7. The lowest BCUT2D eigenvalue weighted by atomic mass is 10.0. The number of carbonyl (C=O) groups is 1. The van der Waals surface area contributed by atoms with Crippen molar-refractivity contribution in [1.82, 2.24) is 29.5 Å². The Morgan fingerprint density at radius 3 is 2.79 bits per heavy atom. The van der Waals surface area contributed by atoms with E-state index in [9.17, 15) is 18.0 Å². The Balaban J connectivity index is 1.44. The SMILES string of the molecule is CCc1cc(Nc2nccn3c(-c4cn(CC#N)nc4C(F)(F)F)cnc23)ccc1C(=O)NCC1CC1N. The molecule has 5 rings (SSSR count). The number of hydrogen-bond donors (Lipinski definition) is 3. The molecule has 10 nitrogen and oxygen atoms in total. The predicted molar refractivity (Wildman–Crippen MR) is 132 cm³/mol. The largest absolute Gasteiger partial charge is 0.435 e. The number of imidazole rings is 1. The summed E-state index contributed by atoms with van der Waals surface area (Å²) in [5, 5.41) is 18.5. The van der Waals surface area contributed by atoms with Crippen LogP contribution >= 0.6 is 0 Å². The zero-order chi connectivity index (χ0) is 27.0. The maximum absolute atomic E-state index is 13.7. The molecule has 0 aliphatic heterocycles. The van der Waals surface area contributed by atoms with E-state index in [1.54, 1.807) is 18.2 Å². The zero-order valence-corrected chi connectivity index (χ0v) is 20.3. The number of fused-ring (bicyclic) bond motifs is 1. The third-order valence-corrected chi connectivity index (χ3v) is 6.46. The Morgan fingerprint density at radius 1 is 1.32 bits per heavy atom. The van der Waals surface area contributed by atoms with E-state index in [1.165, 1.54) is 29.2 Å². The summed E-state index contributed by atoms with van der Waals surface area (Å²) in [4.78, 5) is 21.3. The Bertz CT molecular complexity index is 1550. The van der Waals surface area contributed by atoms with Crippen LogP contribution in [0.5, 0.6) is 0 Å². The van der Waals surface area contributed by atoms with Gasteiger partial charge in [-0.05, 0) is 42.5 Å². The third kappa shape index (κ3) is 4.90. The van der Waals surface area contributed by atoms with Gasteiger partial charge in [0.15, 0.2) is 17.2 Å². The van der Waals surface area contributed by atoms with Gasteiger partial charge in [-0.1, -0.05) is 6.92 Å². The van der Waals surface area contributed by atoms with E-state index in [1.807, 2.05) is 13.0 Å². The van der Waals surface area contributed by atoms with Crippen LogP contribution < -0.4 is 16.4 Å². The molecule has 1 aromatic carbocycles. The predicted octanol–water partition coefficient (Wildman–Crippen LogP) is 3.52.